The molecule has 3 heterocycles. The number of para-hydroxylation sites is 1. The first-order chi connectivity index (χ1) is 20.2. The molecule has 41 heavy (non-hydrogen) atoms. The Labute approximate surface area is 236 Å². The molecule has 6 nitrogen and oxygen atoms in total. The van der Waals surface area contributed by atoms with Crippen LogP contribution < -0.4 is 5.69 Å². The largest absolute Gasteiger partial charge is 0.334 e. The molecule has 4 aromatic carbocycles. The highest BCUT2D eigenvalue weighted by molar-refractivity contribution is 5.93. The van der Waals surface area contributed by atoms with E-state index in [1.807, 2.05) is 91.0 Å². The van der Waals surface area contributed by atoms with Crippen LogP contribution in [0.5, 0.6) is 0 Å². The van der Waals surface area contributed by atoms with Gasteiger partial charge in [0, 0.05) is 35.5 Å². The van der Waals surface area contributed by atoms with Gasteiger partial charge in [-0.05, 0) is 29.8 Å². The van der Waals surface area contributed by atoms with Crippen LogP contribution in [0, 0.1) is 0 Å². The third kappa shape index (κ3) is 4.41. The van der Waals surface area contributed by atoms with Gasteiger partial charge in [0.2, 0.25) is 0 Å². The first-order valence-electron chi connectivity index (χ1n) is 13.4. The van der Waals surface area contributed by atoms with Crippen molar-refractivity contribution in [2.75, 3.05) is 0 Å². The molecule has 0 N–H and O–H groups in total. The SMILES string of the molecule is Cn1c(=O)n(-c2ccccn2)c2cccc(-c3ccc(-c4cc(-c5ccccc5)nc(-c5ccccc5)n4)cc3)c21. The van der Waals surface area contributed by atoms with E-state index in [0.29, 0.717) is 11.6 Å². The summed E-state index contributed by atoms with van der Waals surface area (Å²) >= 11 is 0. The summed E-state index contributed by atoms with van der Waals surface area (Å²) in [5, 5.41) is 0. The van der Waals surface area contributed by atoms with Gasteiger partial charge in [0.1, 0.15) is 5.82 Å². The van der Waals surface area contributed by atoms with Gasteiger partial charge in [0.25, 0.3) is 0 Å². The first kappa shape index (κ1) is 24.4. The van der Waals surface area contributed by atoms with Crippen LogP contribution in [0.2, 0.25) is 0 Å². The van der Waals surface area contributed by atoms with Crippen LogP contribution in [0.4, 0.5) is 0 Å². The van der Waals surface area contributed by atoms with E-state index in [2.05, 4.69) is 41.4 Å². The molecule has 0 aliphatic heterocycles. The van der Waals surface area contributed by atoms with Gasteiger partial charge in [-0.2, -0.15) is 0 Å². The number of nitrogens with zero attached hydrogens (tertiary/aromatic N) is 5. The number of aromatic nitrogens is 5. The Morgan fingerprint density at radius 3 is 1.85 bits per heavy atom. The highest BCUT2D eigenvalue weighted by Gasteiger charge is 2.17. The van der Waals surface area contributed by atoms with Crippen molar-refractivity contribution < 1.29 is 0 Å². The van der Waals surface area contributed by atoms with Crippen molar-refractivity contribution in [2.45, 2.75) is 0 Å². The molecule has 7 aromatic rings. The number of imidazole rings is 1. The Balaban J connectivity index is 1.33. The number of hydrogen-bond acceptors (Lipinski definition) is 4. The second-order valence-corrected chi connectivity index (χ2v) is 9.81. The number of aryl methyl sites for hydroxylation is 1. The fourth-order valence-electron chi connectivity index (χ4n) is 5.24. The molecular formula is C35H25N5O. The van der Waals surface area contributed by atoms with E-state index in [1.54, 1.807) is 22.4 Å². The Hall–Kier alpha value is -5.62. The van der Waals surface area contributed by atoms with Gasteiger partial charge in [0.15, 0.2) is 5.82 Å². The highest BCUT2D eigenvalue weighted by atomic mass is 16.1. The zero-order valence-corrected chi connectivity index (χ0v) is 22.3. The summed E-state index contributed by atoms with van der Waals surface area (Å²) < 4.78 is 3.35. The first-order valence-corrected chi connectivity index (χ1v) is 13.4. The maximum Gasteiger partial charge on any atom is 0.334 e. The summed E-state index contributed by atoms with van der Waals surface area (Å²) in [6, 6.07) is 42.1. The zero-order valence-electron chi connectivity index (χ0n) is 22.3. The average molecular weight is 532 g/mol. The molecule has 0 radical (unpaired) electrons. The summed E-state index contributed by atoms with van der Waals surface area (Å²) in [6.45, 7) is 0. The van der Waals surface area contributed by atoms with Gasteiger partial charge in [-0.3, -0.25) is 4.57 Å². The molecule has 3 aromatic heterocycles. The quantitative estimate of drug-likeness (QED) is 0.236. The topological polar surface area (TPSA) is 65.6 Å². The van der Waals surface area contributed by atoms with Gasteiger partial charge in [-0.25, -0.2) is 24.3 Å². The second kappa shape index (κ2) is 10.2. The zero-order chi connectivity index (χ0) is 27.8. The van der Waals surface area contributed by atoms with Crippen molar-refractivity contribution in [3.05, 3.63) is 144 Å². The Morgan fingerprint density at radius 1 is 0.585 bits per heavy atom. The molecular weight excluding hydrogens is 506 g/mol. The standard InChI is InChI=1S/C35H25N5O/c1-39-33-28(15-10-16-31(33)40(35(39)41)32-17-8-9-22-36-32)24-18-20-26(21-19-24)30-23-29(25-11-4-2-5-12-25)37-34(38-30)27-13-6-3-7-14-27/h2-23H,1H3. The second-order valence-electron chi connectivity index (χ2n) is 9.81. The minimum Gasteiger partial charge on any atom is -0.294 e. The van der Waals surface area contributed by atoms with Crippen LogP contribution in [0.25, 0.3) is 61.9 Å². The lowest BCUT2D eigenvalue weighted by molar-refractivity contribution is 0.834. The van der Waals surface area contributed by atoms with Crippen LogP contribution in [0.1, 0.15) is 0 Å². The monoisotopic (exact) mass is 531 g/mol. The molecule has 0 aliphatic rings. The fraction of sp³-hybridized carbons (Fsp3) is 0.0286. The Bertz CT molecular complexity index is 1990. The van der Waals surface area contributed by atoms with E-state index >= 15 is 0 Å². The molecule has 0 saturated heterocycles. The van der Waals surface area contributed by atoms with Gasteiger partial charge in [-0.15, -0.1) is 0 Å². The number of benzene rings is 4. The van der Waals surface area contributed by atoms with Crippen molar-refractivity contribution in [3.63, 3.8) is 0 Å². The number of fused-ring (bicyclic) bond motifs is 1. The van der Waals surface area contributed by atoms with Gasteiger partial charge >= 0.3 is 5.69 Å². The van der Waals surface area contributed by atoms with E-state index in [-0.39, 0.29) is 5.69 Å². The van der Waals surface area contributed by atoms with Gasteiger partial charge in [0.05, 0.1) is 22.4 Å². The van der Waals surface area contributed by atoms with E-state index in [1.165, 1.54) is 0 Å². The summed E-state index contributed by atoms with van der Waals surface area (Å²) in [5.41, 5.74) is 8.22. The van der Waals surface area contributed by atoms with Crippen LogP contribution in [0.15, 0.2) is 138 Å². The maximum absolute atomic E-state index is 13.3. The van der Waals surface area contributed by atoms with E-state index in [0.717, 1.165) is 50.2 Å². The smallest absolute Gasteiger partial charge is 0.294 e. The average Bonchev–Trinajstić information content (AvgIpc) is 3.31. The van der Waals surface area contributed by atoms with E-state index < -0.39 is 0 Å². The molecule has 0 unspecified atom stereocenters. The fourth-order valence-corrected chi connectivity index (χ4v) is 5.24. The van der Waals surface area contributed by atoms with Crippen molar-refractivity contribution in [1.82, 2.24) is 24.1 Å². The molecule has 0 amide bonds. The Morgan fingerprint density at radius 2 is 1.20 bits per heavy atom. The van der Waals surface area contributed by atoms with Crippen LogP contribution in [-0.2, 0) is 7.05 Å². The van der Waals surface area contributed by atoms with Crippen molar-refractivity contribution >= 4 is 11.0 Å². The van der Waals surface area contributed by atoms with Crippen molar-refractivity contribution in [3.8, 4) is 50.8 Å². The van der Waals surface area contributed by atoms with Crippen LogP contribution >= 0.6 is 0 Å². The molecule has 196 valence electrons. The number of hydrogen-bond donors (Lipinski definition) is 0. The molecule has 0 atom stereocenters. The highest BCUT2D eigenvalue weighted by Crippen LogP contribution is 2.32. The lowest BCUT2D eigenvalue weighted by Crippen LogP contribution is -2.21. The summed E-state index contributed by atoms with van der Waals surface area (Å²) in [7, 11) is 1.80. The van der Waals surface area contributed by atoms with Crippen molar-refractivity contribution in [1.29, 1.82) is 0 Å². The molecule has 6 heteroatoms. The predicted molar refractivity (Wildman–Crippen MR) is 164 cm³/mol. The maximum atomic E-state index is 13.3. The van der Waals surface area contributed by atoms with Crippen molar-refractivity contribution in [2.24, 2.45) is 7.05 Å². The molecule has 0 bridgehead atoms. The third-order valence-corrected chi connectivity index (χ3v) is 7.27. The lowest BCUT2D eigenvalue weighted by Gasteiger charge is -2.11. The number of rotatable bonds is 5. The summed E-state index contributed by atoms with van der Waals surface area (Å²) in [4.78, 5) is 27.5. The van der Waals surface area contributed by atoms with E-state index in [4.69, 9.17) is 9.97 Å². The third-order valence-electron chi connectivity index (χ3n) is 7.27. The molecule has 0 aliphatic carbocycles. The molecule has 0 spiro atoms. The summed E-state index contributed by atoms with van der Waals surface area (Å²) in [6.07, 6.45) is 1.70. The van der Waals surface area contributed by atoms with Crippen LogP contribution in [0.3, 0.4) is 0 Å². The summed E-state index contributed by atoms with van der Waals surface area (Å²) in [5.74, 6) is 1.28. The minimum absolute atomic E-state index is 0.134. The molecule has 7 rings (SSSR count). The van der Waals surface area contributed by atoms with Gasteiger partial charge < -0.3 is 0 Å². The lowest BCUT2D eigenvalue weighted by atomic mass is 10.0. The molecule has 0 saturated carbocycles. The molecule has 0 fully saturated rings. The van der Waals surface area contributed by atoms with E-state index in [9.17, 15) is 4.79 Å². The normalized spacial score (nSPS) is 11.1. The Kier molecular flexibility index (Phi) is 6.06. The number of pyridine rings is 1. The minimum atomic E-state index is -0.134. The van der Waals surface area contributed by atoms with Crippen LogP contribution in [-0.4, -0.2) is 24.1 Å². The van der Waals surface area contributed by atoms with Gasteiger partial charge in [-0.1, -0.05) is 103 Å². The predicted octanol–water partition coefficient (Wildman–Crippen LogP) is 7.18.